The molecule has 0 spiro atoms. The van der Waals surface area contributed by atoms with Crippen molar-refractivity contribution in [3.63, 3.8) is 0 Å². The first-order valence-corrected chi connectivity index (χ1v) is 8.17. The minimum atomic E-state index is -0.493. The smallest absolute Gasteiger partial charge is 0.286 e. The van der Waals surface area contributed by atoms with E-state index in [9.17, 15) is 4.79 Å². The second-order valence-electron chi connectivity index (χ2n) is 6.78. The number of hydrogen-bond donors (Lipinski definition) is 2. The Labute approximate surface area is 139 Å². The van der Waals surface area contributed by atoms with Gasteiger partial charge in [-0.3, -0.25) is 4.79 Å². The van der Waals surface area contributed by atoms with E-state index in [1.165, 1.54) is 0 Å². The summed E-state index contributed by atoms with van der Waals surface area (Å²) in [6, 6.07) is 0. The molecule has 0 unspecified atom stereocenters. The number of ether oxygens (including phenoxy) is 2. The lowest BCUT2D eigenvalue weighted by atomic mass is 9.70. The molecular weight excluding hydrogens is 294 g/mol. The highest BCUT2D eigenvalue weighted by atomic mass is 16.7. The Morgan fingerprint density at radius 3 is 2.74 bits per heavy atom. The van der Waals surface area contributed by atoms with Crippen LogP contribution in [0.2, 0.25) is 0 Å². The number of terminal acetylenes is 1. The lowest BCUT2D eigenvalue weighted by Crippen LogP contribution is -2.43. The summed E-state index contributed by atoms with van der Waals surface area (Å²) < 4.78 is 11.5. The fraction of sp³-hybridized carbons (Fsp3) is 0.722. The molecule has 3 atom stereocenters. The summed E-state index contributed by atoms with van der Waals surface area (Å²) >= 11 is 0. The first-order valence-electron chi connectivity index (χ1n) is 8.17. The molecule has 0 aromatic heterocycles. The number of carbonyl (C=O) groups excluding carboxylic acids is 1. The molecule has 0 aliphatic carbocycles. The van der Waals surface area contributed by atoms with Crippen molar-refractivity contribution < 1.29 is 19.4 Å². The van der Waals surface area contributed by atoms with Gasteiger partial charge in [-0.2, -0.15) is 0 Å². The second-order valence-corrected chi connectivity index (χ2v) is 6.78. The van der Waals surface area contributed by atoms with E-state index >= 15 is 0 Å². The van der Waals surface area contributed by atoms with E-state index < -0.39 is 6.29 Å². The maximum Gasteiger partial charge on any atom is 0.286 e. The summed E-state index contributed by atoms with van der Waals surface area (Å²) in [6.07, 6.45) is 8.02. The van der Waals surface area contributed by atoms with Gasteiger partial charge >= 0.3 is 0 Å². The van der Waals surface area contributed by atoms with Gasteiger partial charge in [-0.1, -0.05) is 26.7 Å². The number of aliphatic hydroxyl groups is 1. The average molecular weight is 323 g/mol. The molecule has 130 valence electrons. The molecule has 0 fully saturated rings. The van der Waals surface area contributed by atoms with Crippen LogP contribution < -0.4 is 5.32 Å². The SMILES string of the molecule is C#CCNC(=O)C1=C[C@@H](C(C)(C)C)[C@H](CCCO)[C@@H](OCC)O1. The predicted molar refractivity (Wildman–Crippen MR) is 89.2 cm³/mol. The van der Waals surface area contributed by atoms with Gasteiger partial charge in [0.05, 0.1) is 6.54 Å². The topological polar surface area (TPSA) is 67.8 Å². The van der Waals surface area contributed by atoms with Crippen LogP contribution in [0.25, 0.3) is 0 Å². The van der Waals surface area contributed by atoms with Gasteiger partial charge in [0.2, 0.25) is 6.29 Å². The highest BCUT2D eigenvalue weighted by molar-refractivity contribution is 5.91. The van der Waals surface area contributed by atoms with Crippen molar-refractivity contribution in [1.29, 1.82) is 0 Å². The van der Waals surface area contributed by atoms with Crippen LogP contribution in [0.5, 0.6) is 0 Å². The summed E-state index contributed by atoms with van der Waals surface area (Å²) in [5.74, 6) is 2.52. The lowest BCUT2D eigenvalue weighted by molar-refractivity contribution is -0.179. The minimum absolute atomic E-state index is 0.0586. The molecule has 0 radical (unpaired) electrons. The Hall–Kier alpha value is -1.51. The van der Waals surface area contributed by atoms with Crippen molar-refractivity contribution in [1.82, 2.24) is 5.32 Å². The maximum atomic E-state index is 12.2. The molecule has 0 saturated heterocycles. The summed E-state index contributed by atoms with van der Waals surface area (Å²) in [5.41, 5.74) is -0.0586. The van der Waals surface area contributed by atoms with Crippen LogP contribution in [-0.4, -0.2) is 37.1 Å². The number of carbonyl (C=O) groups is 1. The van der Waals surface area contributed by atoms with Gasteiger partial charge in [0, 0.05) is 19.1 Å². The van der Waals surface area contributed by atoms with Crippen molar-refractivity contribution in [2.75, 3.05) is 19.8 Å². The Balaban J connectivity index is 3.08. The van der Waals surface area contributed by atoms with Gasteiger partial charge in [-0.05, 0) is 37.2 Å². The average Bonchev–Trinajstić information content (AvgIpc) is 2.50. The molecule has 23 heavy (non-hydrogen) atoms. The van der Waals surface area contributed by atoms with Crippen LogP contribution in [0.4, 0.5) is 0 Å². The third-order valence-corrected chi connectivity index (χ3v) is 3.99. The van der Waals surface area contributed by atoms with E-state index in [4.69, 9.17) is 21.0 Å². The first-order chi connectivity index (χ1) is 10.8. The fourth-order valence-corrected chi connectivity index (χ4v) is 2.91. The maximum absolute atomic E-state index is 12.2. The molecule has 1 aliphatic rings. The predicted octanol–water partition coefficient (Wildman–Crippen LogP) is 2.06. The molecule has 0 aromatic rings. The number of nitrogens with one attached hydrogen (secondary N) is 1. The molecule has 1 rings (SSSR count). The van der Waals surface area contributed by atoms with E-state index in [0.717, 1.165) is 6.42 Å². The third kappa shape index (κ3) is 5.56. The van der Waals surface area contributed by atoms with Crippen molar-refractivity contribution in [3.05, 3.63) is 11.8 Å². The molecule has 0 aromatic carbocycles. The number of aliphatic hydroxyl groups excluding tert-OH is 1. The quantitative estimate of drug-likeness (QED) is 0.704. The van der Waals surface area contributed by atoms with Crippen LogP contribution in [0.1, 0.15) is 40.5 Å². The van der Waals surface area contributed by atoms with Crippen LogP contribution >= 0.6 is 0 Å². The molecule has 1 amide bonds. The van der Waals surface area contributed by atoms with Crippen LogP contribution in [0.15, 0.2) is 11.8 Å². The van der Waals surface area contributed by atoms with Gasteiger partial charge in [-0.15, -0.1) is 6.42 Å². The molecule has 1 heterocycles. The van der Waals surface area contributed by atoms with E-state index in [0.29, 0.717) is 13.0 Å². The second kappa shape index (κ2) is 8.95. The van der Waals surface area contributed by atoms with Gasteiger partial charge in [0.1, 0.15) is 0 Å². The Bertz CT molecular complexity index is 459. The van der Waals surface area contributed by atoms with Crippen LogP contribution in [0.3, 0.4) is 0 Å². The Kier molecular flexibility index (Phi) is 7.60. The van der Waals surface area contributed by atoms with Crippen molar-refractivity contribution >= 4 is 5.91 Å². The number of rotatable bonds is 7. The number of allylic oxidation sites excluding steroid dienone is 1. The van der Waals surface area contributed by atoms with Gasteiger partial charge in [0.25, 0.3) is 5.91 Å². The molecule has 0 bridgehead atoms. The van der Waals surface area contributed by atoms with Gasteiger partial charge < -0.3 is 19.9 Å². The summed E-state index contributed by atoms with van der Waals surface area (Å²) in [5, 5.41) is 11.8. The largest absolute Gasteiger partial charge is 0.459 e. The van der Waals surface area contributed by atoms with E-state index in [2.05, 4.69) is 32.0 Å². The molecule has 2 N–H and O–H groups in total. The highest BCUT2D eigenvalue weighted by Gasteiger charge is 2.41. The van der Waals surface area contributed by atoms with Crippen molar-refractivity contribution in [2.24, 2.45) is 17.3 Å². The lowest BCUT2D eigenvalue weighted by Gasteiger charge is -2.42. The summed E-state index contributed by atoms with van der Waals surface area (Å²) in [4.78, 5) is 12.2. The monoisotopic (exact) mass is 323 g/mol. The Morgan fingerprint density at radius 1 is 1.52 bits per heavy atom. The zero-order chi connectivity index (χ0) is 17.5. The summed E-state index contributed by atoms with van der Waals surface area (Å²) in [6.45, 7) is 9.08. The summed E-state index contributed by atoms with van der Waals surface area (Å²) in [7, 11) is 0. The molecule has 5 heteroatoms. The zero-order valence-corrected chi connectivity index (χ0v) is 14.6. The zero-order valence-electron chi connectivity index (χ0n) is 14.6. The van der Waals surface area contributed by atoms with Gasteiger partial charge in [0.15, 0.2) is 5.76 Å². The molecule has 5 nitrogen and oxygen atoms in total. The Morgan fingerprint density at radius 2 is 2.22 bits per heavy atom. The molecule has 1 aliphatic heterocycles. The molecule has 0 saturated carbocycles. The van der Waals surface area contributed by atoms with Gasteiger partial charge in [-0.25, -0.2) is 0 Å². The fourth-order valence-electron chi connectivity index (χ4n) is 2.91. The molecular formula is C18H29NO4. The first kappa shape index (κ1) is 19.5. The van der Waals surface area contributed by atoms with E-state index in [1.807, 2.05) is 13.0 Å². The van der Waals surface area contributed by atoms with Crippen molar-refractivity contribution in [3.8, 4) is 12.3 Å². The van der Waals surface area contributed by atoms with Crippen LogP contribution in [-0.2, 0) is 14.3 Å². The minimum Gasteiger partial charge on any atom is -0.459 e. The standard InChI is InChI=1S/C18H29NO4/c1-6-10-19-16(21)15-12-14(18(3,4)5)13(9-8-11-20)17(23-15)22-7-2/h1,12-14,17,20H,7-11H2,2-5H3,(H,19,21)/t13-,14+,17-/m0/s1. The van der Waals surface area contributed by atoms with Crippen LogP contribution in [0, 0.1) is 29.6 Å². The van der Waals surface area contributed by atoms with E-state index in [-0.39, 0.29) is 42.1 Å². The highest BCUT2D eigenvalue weighted by Crippen LogP contribution is 2.42. The third-order valence-electron chi connectivity index (χ3n) is 3.99. The number of hydrogen-bond acceptors (Lipinski definition) is 4. The van der Waals surface area contributed by atoms with E-state index in [1.54, 1.807) is 0 Å². The normalized spacial score (nSPS) is 24.3. The number of amides is 1. The van der Waals surface area contributed by atoms with Crippen molar-refractivity contribution in [2.45, 2.75) is 46.8 Å².